The van der Waals surface area contributed by atoms with Gasteiger partial charge >= 0.3 is 0 Å². The van der Waals surface area contributed by atoms with E-state index in [0.29, 0.717) is 35.7 Å². The van der Waals surface area contributed by atoms with E-state index in [1.807, 2.05) is 13.8 Å². The molecule has 2 aliphatic rings. The molecule has 3 amide bonds. The van der Waals surface area contributed by atoms with E-state index in [1.165, 1.54) is 0 Å². The molecule has 1 saturated carbocycles. The second-order valence-corrected chi connectivity index (χ2v) is 12.8. The first-order valence-electron chi connectivity index (χ1n) is 16.5. The Morgan fingerprint density at radius 1 is 1.07 bits per heavy atom. The largest absolute Gasteiger partial charge is 0.490 e. The van der Waals surface area contributed by atoms with E-state index in [1.54, 1.807) is 66.5 Å². The average molecular weight is 623 g/mol. The first-order valence-corrected chi connectivity index (χ1v) is 16.5. The molecule has 1 aliphatic carbocycles. The van der Waals surface area contributed by atoms with Crippen molar-refractivity contribution in [3.63, 3.8) is 0 Å². The summed E-state index contributed by atoms with van der Waals surface area (Å²) in [6, 6.07) is 8.15. The van der Waals surface area contributed by atoms with Gasteiger partial charge in [-0.05, 0) is 76.3 Å². The molecule has 0 saturated heterocycles. The number of nitrogens with zero attached hydrogens (tertiary/aromatic N) is 3. The number of amides is 3. The van der Waals surface area contributed by atoms with Gasteiger partial charge in [0.2, 0.25) is 5.91 Å². The van der Waals surface area contributed by atoms with Crippen LogP contribution in [0.25, 0.3) is 0 Å². The van der Waals surface area contributed by atoms with Crippen molar-refractivity contribution < 1.29 is 29.0 Å². The minimum absolute atomic E-state index is 0.0168. The summed E-state index contributed by atoms with van der Waals surface area (Å²) >= 11 is 0. The van der Waals surface area contributed by atoms with Crippen LogP contribution in [0.4, 0.5) is 5.69 Å². The van der Waals surface area contributed by atoms with Crippen LogP contribution in [0.2, 0.25) is 0 Å². The molecule has 45 heavy (non-hydrogen) atoms. The van der Waals surface area contributed by atoms with Crippen LogP contribution < -0.4 is 10.1 Å². The first-order chi connectivity index (χ1) is 21.7. The number of aromatic nitrogens is 1. The summed E-state index contributed by atoms with van der Waals surface area (Å²) in [4.78, 5) is 47.8. The number of fused-ring (bicyclic) bond motifs is 1. The summed E-state index contributed by atoms with van der Waals surface area (Å²) in [6.07, 6.45) is 10.2. The second kappa shape index (κ2) is 16.7. The third-order valence-electron chi connectivity index (χ3n) is 9.02. The van der Waals surface area contributed by atoms with Gasteiger partial charge in [0.25, 0.3) is 11.8 Å². The fourth-order valence-corrected chi connectivity index (χ4v) is 6.14. The molecule has 10 nitrogen and oxygen atoms in total. The average Bonchev–Trinajstić information content (AvgIpc) is 3.06. The molecule has 2 heterocycles. The van der Waals surface area contributed by atoms with E-state index in [-0.39, 0.29) is 54.9 Å². The number of likely N-dealkylation sites (N-methyl/N-ethyl adjacent to an activating group) is 1. The summed E-state index contributed by atoms with van der Waals surface area (Å²) < 4.78 is 12.7. The minimum atomic E-state index is -0.490. The number of hydrogen-bond acceptors (Lipinski definition) is 7. The highest BCUT2D eigenvalue weighted by atomic mass is 16.5. The smallest absolute Gasteiger partial charge is 0.258 e. The van der Waals surface area contributed by atoms with Gasteiger partial charge in [0, 0.05) is 62.2 Å². The number of aliphatic hydroxyl groups is 1. The summed E-state index contributed by atoms with van der Waals surface area (Å²) in [5.41, 5.74) is 1.44. The van der Waals surface area contributed by atoms with E-state index in [9.17, 15) is 19.5 Å². The highest BCUT2D eigenvalue weighted by Crippen LogP contribution is 2.30. The van der Waals surface area contributed by atoms with Gasteiger partial charge in [-0.1, -0.05) is 26.2 Å². The quantitative estimate of drug-likeness (QED) is 0.437. The lowest BCUT2D eigenvalue weighted by Crippen LogP contribution is -2.48. The van der Waals surface area contributed by atoms with Crippen molar-refractivity contribution in [2.24, 2.45) is 11.8 Å². The van der Waals surface area contributed by atoms with Crippen molar-refractivity contribution in [1.29, 1.82) is 0 Å². The molecular formula is C35H50N4O6. The number of benzene rings is 1. The lowest BCUT2D eigenvalue weighted by molar-refractivity contribution is -0.120. The highest BCUT2D eigenvalue weighted by molar-refractivity contribution is 6.00. The van der Waals surface area contributed by atoms with E-state index in [0.717, 1.165) is 51.4 Å². The Morgan fingerprint density at radius 2 is 1.78 bits per heavy atom. The van der Waals surface area contributed by atoms with Crippen molar-refractivity contribution in [2.45, 2.75) is 90.4 Å². The zero-order valence-electron chi connectivity index (χ0n) is 27.2. The van der Waals surface area contributed by atoms with Crippen LogP contribution in [0, 0.1) is 11.8 Å². The van der Waals surface area contributed by atoms with Gasteiger partial charge < -0.3 is 29.7 Å². The Balaban J connectivity index is 1.61. The molecule has 0 bridgehead atoms. The van der Waals surface area contributed by atoms with E-state index in [4.69, 9.17) is 9.47 Å². The van der Waals surface area contributed by atoms with Gasteiger partial charge in [-0.2, -0.15) is 0 Å². The lowest BCUT2D eigenvalue weighted by atomic mass is 9.88. The summed E-state index contributed by atoms with van der Waals surface area (Å²) in [7, 11) is 1.75. The van der Waals surface area contributed by atoms with E-state index >= 15 is 0 Å². The zero-order chi connectivity index (χ0) is 32.3. The van der Waals surface area contributed by atoms with Crippen LogP contribution in [0.1, 0.15) is 92.9 Å². The van der Waals surface area contributed by atoms with Crippen LogP contribution >= 0.6 is 0 Å². The Hall–Kier alpha value is -3.50. The van der Waals surface area contributed by atoms with Crippen LogP contribution in [-0.4, -0.2) is 89.2 Å². The molecule has 4 atom stereocenters. The van der Waals surface area contributed by atoms with Gasteiger partial charge in [-0.15, -0.1) is 0 Å². The van der Waals surface area contributed by atoms with Crippen molar-refractivity contribution in [3.8, 4) is 5.75 Å². The standard InChI is InChI=1S/C35H50N4O6/c1-24-21-39(25(2)23-40)35(43)30-20-29(37-33(41)27-11-6-5-7-12-27)13-14-31(30)45-26(3)10-8-9-19-44-32(24)22-38(4)34(42)28-15-17-36-18-16-28/h13-18,20,24-27,32,40H,5-12,19,21-23H2,1-4H3,(H,37,41)/t24-,25+,26-,32+/m1/s1. The fourth-order valence-electron chi connectivity index (χ4n) is 6.14. The highest BCUT2D eigenvalue weighted by Gasteiger charge is 2.31. The molecule has 4 rings (SSSR count). The third-order valence-corrected chi connectivity index (χ3v) is 9.02. The summed E-state index contributed by atoms with van der Waals surface area (Å²) in [5, 5.41) is 13.3. The Labute approximate surface area is 267 Å². The number of aliphatic hydroxyl groups excluding tert-OH is 1. The first kappa shape index (κ1) is 34.4. The summed E-state index contributed by atoms with van der Waals surface area (Å²) in [5.74, 6) is -0.179. The Morgan fingerprint density at radius 3 is 2.49 bits per heavy atom. The molecule has 2 N–H and O–H groups in total. The monoisotopic (exact) mass is 622 g/mol. The number of hydrogen-bond donors (Lipinski definition) is 2. The van der Waals surface area contributed by atoms with Crippen LogP contribution in [-0.2, 0) is 9.53 Å². The molecule has 1 aromatic carbocycles. The van der Waals surface area contributed by atoms with Crippen molar-refractivity contribution in [3.05, 3.63) is 53.9 Å². The maximum absolute atomic E-state index is 14.3. The number of carbonyl (C=O) groups is 3. The number of rotatable bonds is 7. The molecule has 10 heteroatoms. The van der Waals surface area contributed by atoms with E-state index in [2.05, 4.69) is 10.3 Å². The number of nitrogens with one attached hydrogen (secondary N) is 1. The maximum Gasteiger partial charge on any atom is 0.258 e. The molecule has 1 aromatic heterocycles. The van der Waals surface area contributed by atoms with Crippen molar-refractivity contribution >= 4 is 23.4 Å². The molecule has 2 aromatic rings. The van der Waals surface area contributed by atoms with E-state index < -0.39 is 6.04 Å². The molecule has 0 spiro atoms. The maximum atomic E-state index is 14.3. The fraction of sp³-hybridized carbons (Fsp3) is 0.600. The number of carbonyl (C=O) groups excluding carboxylic acids is 3. The van der Waals surface area contributed by atoms with Crippen molar-refractivity contribution in [1.82, 2.24) is 14.8 Å². The second-order valence-electron chi connectivity index (χ2n) is 12.8. The van der Waals surface area contributed by atoms with Gasteiger partial charge in [0.1, 0.15) is 5.75 Å². The van der Waals surface area contributed by atoms with Crippen molar-refractivity contribution in [2.75, 3.05) is 38.7 Å². The van der Waals surface area contributed by atoms with Gasteiger partial charge in [0.15, 0.2) is 0 Å². The SMILES string of the molecule is C[C@@H]1CCCCO[C@@H](CN(C)C(=O)c2ccncc2)[C@H](C)CN([C@@H](C)CO)C(=O)c2cc(NC(=O)C3CCCCC3)ccc2O1. The Kier molecular flexibility index (Phi) is 12.8. The predicted octanol–water partition coefficient (Wildman–Crippen LogP) is 5.17. The molecule has 246 valence electrons. The lowest BCUT2D eigenvalue weighted by Gasteiger charge is -2.36. The normalized spacial score (nSPS) is 22.8. The topological polar surface area (TPSA) is 121 Å². The van der Waals surface area contributed by atoms with Gasteiger partial charge in [0.05, 0.1) is 30.4 Å². The van der Waals surface area contributed by atoms with Crippen LogP contribution in [0.15, 0.2) is 42.7 Å². The molecular weight excluding hydrogens is 572 g/mol. The zero-order valence-corrected chi connectivity index (χ0v) is 27.2. The number of ether oxygens (including phenoxy) is 2. The molecule has 0 radical (unpaired) electrons. The van der Waals surface area contributed by atoms with Gasteiger partial charge in [-0.3, -0.25) is 19.4 Å². The van der Waals surface area contributed by atoms with Gasteiger partial charge in [-0.25, -0.2) is 0 Å². The van der Waals surface area contributed by atoms with Crippen LogP contribution in [0.5, 0.6) is 5.75 Å². The van der Waals surface area contributed by atoms with Crippen LogP contribution in [0.3, 0.4) is 0 Å². The number of anilines is 1. The third kappa shape index (κ3) is 9.50. The molecule has 0 unspecified atom stereocenters. The minimum Gasteiger partial charge on any atom is -0.490 e. The molecule has 1 aliphatic heterocycles. The predicted molar refractivity (Wildman–Crippen MR) is 173 cm³/mol. The summed E-state index contributed by atoms with van der Waals surface area (Å²) in [6.45, 7) is 6.71. The molecule has 1 fully saturated rings. The Bertz CT molecular complexity index is 1270. The number of pyridine rings is 1.